The molecule has 1 aliphatic heterocycles. The highest BCUT2D eigenvalue weighted by Gasteiger charge is 2.19. The third-order valence-corrected chi connectivity index (χ3v) is 6.59. The average molecular weight is 420 g/mol. The fourth-order valence-electron chi connectivity index (χ4n) is 3.45. The summed E-state index contributed by atoms with van der Waals surface area (Å²) in [6.07, 6.45) is 0.768. The molecule has 3 rings (SSSR count). The molecule has 1 saturated heterocycles. The van der Waals surface area contributed by atoms with Gasteiger partial charge in [-0.25, -0.2) is 13.1 Å². The summed E-state index contributed by atoms with van der Waals surface area (Å²) in [6.45, 7) is 5.04. The Kier molecular flexibility index (Phi) is 7.35. The van der Waals surface area contributed by atoms with Crippen molar-refractivity contribution in [3.05, 3.63) is 48.5 Å². The minimum absolute atomic E-state index is 0.253. The van der Waals surface area contributed by atoms with Crippen LogP contribution < -0.4 is 19.1 Å². The van der Waals surface area contributed by atoms with Gasteiger partial charge < -0.3 is 14.4 Å². The van der Waals surface area contributed by atoms with E-state index < -0.39 is 10.0 Å². The standard InChI is InChI=1S/C21H29N3O4S/c1-27-18-8-10-19(11-9-18)29(25,26)22-12-5-13-23-14-16-24(17-15-23)20-6-3-4-7-21(20)28-2/h3-4,6-11,22H,5,12-17H2,1-2H3. The van der Waals surface area contributed by atoms with Gasteiger partial charge in [0, 0.05) is 32.7 Å². The minimum atomic E-state index is -3.49. The van der Waals surface area contributed by atoms with E-state index in [4.69, 9.17) is 9.47 Å². The van der Waals surface area contributed by atoms with Gasteiger partial charge in [-0.1, -0.05) is 12.1 Å². The number of ether oxygens (including phenoxy) is 2. The molecule has 7 nitrogen and oxygen atoms in total. The van der Waals surface area contributed by atoms with E-state index in [0.29, 0.717) is 12.3 Å². The number of methoxy groups -OCH3 is 2. The van der Waals surface area contributed by atoms with Gasteiger partial charge in [0.2, 0.25) is 10.0 Å². The summed E-state index contributed by atoms with van der Waals surface area (Å²) in [4.78, 5) is 4.96. The number of anilines is 1. The van der Waals surface area contributed by atoms with Gasteiger partial charge in [0.25, 0.3) is 0 Å². The Labute approximate surface area is 173 Å². The van der Waals surface area contributed by atoms with Crippen molar-refractivity contribution in [1.82, 2.24) is 9.62 Å². The van der Waals surface area contributed by atoms with Crippen molar-refractivity contribution < 1.29 is 17.9 Å². The van der Waals surface area contributed by atoms with Crippen LogP contribution >= 0.6 is 0 Å². The van der Waals surface area contributed by atoms with E-state index in [-0.39, 0.29) is 4.90 Å². The van der Waals surface area contributed by atoms with Crippen molar-refractivity contribution in [2.24, 2.45) is 0 Å². The average Bonchev–Trinajstić information content (AvgIpc) is 2.77. The number of nitrogens with one attached hydrogen (secondary N) is 1. The summed E-state index contributed by atoms with van der Waals surface area (Å²) in [7, 11) is -0.237. The lowest BCUT2D eigenvalue weighted by Crippen LogP contribution is -2.47. The molecule has 158 valence electrons. The van der Waals surface area contributed by atoms with E-state index in [1.807, 2.05) is 18.2 Å². The molecule has 1 heterocycles. The predicted octanol–water partition coefficient (Wildman–Crippen LogP) is 2.19. The van der Waals surface area contributed by atoms with Crippen LogP contribution in [0.1, 0.15) is 6.42 Å². The fourth-order valence-corrected chi connectivity index (χ4v) is 4.52. The maximum atomic E-state index is 12.4. The number of benzene rings is 2. The molecule has 1 fully saturated rings. The zero-order valence-corrected chi connectivity index (χ0v) is 17.8. The number of para-hydroxylation sites is 2. The zero-order chi connectivity index (χ0) is 20.7. The van der Waals surface area contributed by atoms with Gasteiger partial charge in [-0.2, -0.15) is 0 Å². The molecule has 1 N–H and O–H groups in total. The third-order valence-electron chi connectivity index (χ3n) is 5.11. The van der Waals surface area contributed by atoms with Crippen LogP contribution in [0.5, 0.6) is 11.5 Å². The largest absolute Gasteiger partial charge is 0.497 e. The monoisotopic (exact) mass is 419 g/mol. The highest BCUT2D eigenvalue weighted by molar-refractivity contribution is 7.89. The Morgan fingerprint density at radius 3 is 2.28 bits per heavy atom. The molecule has 8 heteroatoms. The van der Waals surface area contributed by atoms with Gasteiger partial charge in [0.05, 0.1) is 24.8 Å². The normalized spacial score (nSPS) is 15.3. The highest BCUT2D eigenvalue weighted by Crippen LogP contribution is 2.28. The SMILES string of the molecule is COc1ccc(S(=O)(=O)NCCCN2CCN(c3ccccc3OC)CC2)cc1. The molecule has 0 amide bonds. The van der Waals surface area contributed by atoms with Crippen molar-refractivity contribution in [3.8, 4) is 11.5 Å². The molecular weight excluding hydrogens is 390 g/mol. The number of hydrogen-bond donors (Lipinski definition) is 1. The van der Waals surface area contributed by atoms with Gasteiger partial charge in [-0.3, -0.25) is 4.90 Å². The summed E-state index contributed by atoms with van der Waals surface area (Å²) in [5.41, 5.74) is 1.13. The second kappa shape index (κ2) is 9.96. The zero-order valence-electron chi connectivity index (χ0n) is 17.0. The topological polar surface area (TPSA) is 71.1 Å². The number of sulfonamides is 1. The Morgan fingerprint density at radius 1 is 0.931 bits per heavy atom. The van der Waals surface area contributed by atoms with Crippen molar-refractivity contribution in [1.29, 1.82) is 0 Å². The van der Waals surface area contributed by atoms with Crippen LogP contribution in [0.2, 0.25) is 0 Å². The van der Waals surface area contributed by atoms with Crippen LogP contribution in [0, 0.1) is 0 Å². The van der Waals surface area contributed by atoms with Crippen molar-refractivity contribution in [3.63, 3.8) is 0 Å². The Hall–Kier alpha value is -2.29. The van der Waals surface area contributed by atoms with Crippen LogP contribution in [0.25, 0.3) is 0 Å². The Bertz CT molecular complexity index is 879. The van der Waals surface area contributed by atoms with Crippen LogP contribution in [-0.2, 0) is 10.0 Å². The van der Waals surface area contributed by atoms with Crippen LogP contribution in [0.3, 0.4) is 0 Å². The van der Waals surface area contributed by atoms with Gasteiger partial charge >= 0.3 is 0 Å². The number of piperazine rings is 1. The number of rotatable bonds is 9. The summed E-state index contributed by atoms with van der Waals surface area (Å²) in [5, 5.41) is 0. The maximum Gasteiger partial charge on any atom is 0.240 e. The molecule has 0 aromatic heterocycles. The molecule has 0 radical (unpaired) electrons. The fraction of sp³-hybridized carbons (Fsp3) is 0.429. The predicted molar refractivity (Wildman–Crippen MR) is 114 cm³/mol. The summed E-state index contributed by atoms with van der Waals surface area (Å²) in [5.74, 6) is 1.53. The van der Waals surface area contributed by atoms with E-state index in [1.165, 1.54) is 0 Å². The van der Waals surface area contributed by atoms with Crippen LogP contribution in [0.15, 0.2) is 53.4 Å². The highest BCUT2D eigenvalue weighted by atomic mass is 32.2. The first kappa shape index (κ1) is 21.4. The smallest absolute Gasteiger partial charge is 0.240 e. The Morgan fingerprint density at radius 2 is 1.62 bits per heavy atom. The lowest BCUT2D eigenvalue weighted by Gasteiger charge is -2.36. The van der Waals surface area contributed by atoms with Gasteiger partial charge in [-0.15, -0.1) is 0 Å². The third kappa shape index (κ3) is 5.62. The first-order chi connectivity index (χ1) is 14.0. The molecule has 2 aromatic rings. The molecule has 0 spiro atoms. The van der Waals surface area contributed by atoms with E-state index >= 15 is 0 Å². The van der Waals surface area contributed by atoms with Crippen LogP contribution in [-0.4, -0.2) is 66.8 Å². The van der Waals surface area contributed by atoms with Crippen molar-refractivity contribution in [2.45, 2.75) is 11.3 Å². The van der Waals surface area contributed by atoms with Gasteiger partial charge in [-0.05, 0) is 49.4 Å². The summed E-state index contributed by atoms with van der Waals surface area (Å²) < 4.78 is 37.9. The van der Waals surface area contributed by atoms with E-state index in [0.717, 1.165) is 50.6 Å². The summed E-state index contributed by atoms with van der Waals surface area (Å²) in [6, 6.07) is 14.5. The quantitative estimate of drug-likeness (QED) is 0.629. The van der Waals surface area contributed by atoms with Crippen molar-refractivity contribution in [2.75, 3.05) is 58.4 Å². The second-order valence-electron chi connectivity index (χ2n) is 6.93. The minimum Gasteiger partial charge on any atom is -0.497 e. The van der Waals surface area contributed by atoms with Gasteiger partial charge in [0.15, 0.2) is 0 Å². The van der Waals surface area contributed by atoms with Crippen molar-refractivity contribution >= 4 is 15.7 Å². The van der Waals surface area contributed by atoms with Crippen LogP contribution in [0.4, 0.5) is 5.69 Å². The number of hydrogen-bond acceptors (Lipinski definition) is 6. The lowest BCUT2D eigenvalue weighted by molar-refractivity contribution is 0.254. The van der Waals surface area contributed by atoms with Gasteiger partial charge in [0.1, 0.15) is 11.5 Å². The first-order valence-corrected chi connectivity index (χ1v) is 11.3. The number of nitrogens with zero attached hydrogens (tertiary/aromatic N) is 2. The molecule has 0 saturated carbocycles. The second-order valence-corrected chi connectivity index (χ2v) is 8.69. The molecule has 2 aromatic carbocycles. The lowest BCUT2D eigenvalue weighted by atomic mass is 10.2. The molecule has 0 atom stereocenters. The molecule has 29 heavy (non-hydrogen) atoms. The molecule has 0 aliphatic carbocycles. The molecule has 1 aliphatic rings. The summed E-state index contributed by atoms with van der Waals surface area (Å²) >= 11 is 0. The van der Waals surface area contributed by atoms with E-state index in [2.05, 4.69) is 20.6 Å². The molecular formula is C21H29N3O4S. The Balaban J connectivity index is 1.41. The molecule has 0 bridgehead atoms. The van der Waals surface area contributed by atoms with E-state index in [9.17, 15) is 8.42 Å². The molecule has 0 unspecified atom stereocenters. The first-order valence-electron chi connectivity index (χ1n) is 9.77. The maximum absolute atomic E-state index is 12.4. The van der Waals surface area contributed by atoms with E-state index in [1.54, 1.807) is 38.5 Å².